The van der Waals surface area contributed by atoms with Crippen LogP contribution in [0.15, 0.2) is 30.5 Å². The average molecular weight is 287 g/mol. The maximum atomic E-state index is 13.3. The van der Waals surface area contributed by atoms with Gasteiger partial charge < -0.3 is 10.6 Å². The van der Waals surface area contributed by atoms with Gasteiger partial charge in [0.2, 0.25) is 0 Å². The minimum absolute atomic E-state index is 0.313. The molecule has 2 aromatic rings. The van der Waals surface area contributed by atoms with E-state index in [1.54, 1.807) is 6.07 Å². The third kappa shape index (κ3) is 3.56. The SMILES string of the molecule is CCNc1cc(C)ncc1C(=O)Nc1cc(F)ccc1C. The van der Waals surface area contributed by atoms with Crippen molar-refractivity contribution in [3.8, 4) is 0 Å². The highest BCUT2D eigenvalue weighted by Gasteiger charge is 2.13. The summed E-state index contributed by atoms with van der Waals surface area (Å²) in [7, 11) is 0. The highest BCUT2D eigenvalue weighted by atomic mass is 19.1. The Kier molecular flexibility index (Phi) is 4.52. The number of hydrogen-bond donors (Lipinski definition) is 2. The zero-order valence-electron chi connectivity index (χ0n) is 12.3. The fourth-order valence-electron chi connectivity index (χ4n) is 2.00. The Bertz CT molecular complexity index is 671. The van der Waals surface area contributed by atoms with Crippen molar-refractivity contribution >= 4 is 17.3 Å². The molecule has 0 aliphatic rings. The maximum Gasteiger partial charge on any atom is 0.259 e. The molecule has 0 saturated heterocycles. The minimum atomic E-state index is -0.384. The van der Waals surface area contributed by atoms with Crippen LogP contribution in [-0.2, 0) is 0 Å². The van der Waals surface area contributed by atoms with Gasteiger partial charge in [0, 0.05) is 24.1 Å². The second-order valence-electron chi connectivity index (χ2n) is 4.81. The van der Waals surface area contributed by atoms with Crippen LogP contribution < -0.4 is 10.6 Å². The lowest BCUT2D eigenvalue weighted by Gasteiger charge is -2.13. The molecule has 2 rings (SSSR count). The largest absolute Gasteiger partial charge is 0.385 e. The molecule has 1 heterocycles. The topological polar surface area (TPSA) is 54.0 Å². The third-order valence-corrected chi connectivity index (χ3v) is 3.10. The molecule has 0 aliphatic heterocycles. The van der Waals surface area contributed by atoms with E-state index in [4.69, 9.17) is 0 Å². The van der Waals surface area contributed by atoms with Gasteiger partial charge in [-0.1, -0.05) is 6.07 Å². The summed E-state index contributed by atoms with van der Waals surface area (Å²) in [5.41, 5.74) is 3.24. The average Bonchev–Trinajstić information content (AvgIpc) is 2.43. The summed E-state index contributed by atoms with van der Waals surface area (Å²) in [5.74, 6) is -0.697. The second kappa shape index (κ2) is 6.35. The van der Waals surface area contributed by atoms with Gasteiger partial charge >= 0.3 is 0 Å². The van der Waals surface area contributed by atoms with E-state index < -0.39 is 0 Å². The number of rotatable bonds is 4. The van der Waals surface area contributed by atoms with E-state index >= 15 is 0 Å². The molecular weight excluding hydrogens is 269 g/mol. The van der Waals surface area contributed by atoms with E-state index in [1.165, 1.54) is 18.3 Å². The van der Waals surface area contributed by atoms with Gasteiger partial charge in [-0.05, 0) is 44.5 Å². The first-order chi connectivity index (χ1) is 10.0. The van der Waals surface area contributed by atoms with Crippen LogP contribution in [0.25, 0.3) is 0 Å². The van der Waals surface area contributed by atoms with Gasteiger partial charge in [-0.15, -0.1) is 0 Å². The van der Waals surface area contributed by atoms with Gasteiger partial charge in [-0.25, -0.2) is 4.39 Å². The van der Waals surface area contributed by atoms with Crippen molar-refractivity contribution in [3.63, 3.8) is 0 Å². The molecule has 0 unspecified atom stereocenters. The van der Waals surface area contributed by atoms with Gasteiger partial charge in [-0.2, -0.15) is 0 Å². The molecule has 0 spiro atoms. The van der Waals surface area contributed by atoms with Crippen LogP contribution in [-0.4, -0.2) is 17.4 Å². The lowest BCUT2D eigenvalue weighted by atomic mass is 10.1. The molecular formula is C16H18FN3O. The first-order valence-electron chi connectivity index (χ1n) is 6.79. The van der Waals surface area contributed by atoms with Crippen molar-refractivity contribution < 1.29 is 9.18 Å². The van der Waals surface area contributed by atoms with Crippen molar-refractivity contribution in [1.29, 1.82) is 0 Å². The predicted molar refractivity (Wildman–Crippen MR) is 82.2 cm³/mol. The maximum absolute atomic E-state index is 13.3. The number of amides is 1. The summed E-state index contributed by atoms with van der Waals surface area (Å²) in [6, 6.07) is 6.12. The zero-order chi connectivity index (χ0) is 15.4. The van der Waals surface area contributed by atoms with Crippen molar-refractivity contribution in [1.82, 2.24) is 4.98 Å². The molecule has 5 heteroatoms. The smallest absolute Gasteiger partial charge is 0.259 e. The quantitative estimate of drug-likeness (QED) is 0.904. The number of hydrogen-bond acceptors (Lipinski definition) is 3. The van der Waals surface area contributed by atoms with Gasteiger partial charge in [0.25, 0.3) is 5.91 Å². The third-order valence-electron chi connectivity index (χ3n) is 3.10. The van der Waals surface area contributed by atoms with Crippen LogP contribution in [0, 0.1) is 19.7 Å². The summed E-state index contributed by atoms with van der Waals surface area (Å²) in [5, 5.41) is 5.86. The Morgan fingerprint density at radius 3 is 2.71 bits per heavy atom. The van der Waals surface area contributed by atoms with Gasteiger partial charge in [0.05, 0.1) is 11.3 Å². The second-order valence-corrected chi connectivity index (χ2v) is 4.81. The van der Waals surface area contributed by atoms with Gasteiger partial charge in [-0.3, -0.25) is 9.78 Å². The highest BCUT2D eigenvalue weighted by molar-refractivity contribution is 6.08. The molecule has 21 heavy (non-hydrogen) atoms. The zero-order valence-corrected chi connectivity index (χ0v) is 12.3. The van der Waals surface area contributed by atoms with Gasteiger partial charge in [0.15, 0.2) is 0 Å². The lowest BCUT2D eigenvalue weighted by molar-refractivity contribution is 0.102. The van der Waals surface area contributed by atoms with Crippen LogP contribution >= 0.6 is 0 Å². The van der Waals surface area contributed by atoms with E-state index in [9.17, 15) is 9.18 Å². The van der Waals surface area contributed by atoms with Crippen LogP contribution in [0.5, 0.6) is 0 Å². The summed E-state index contributed by atoms with van der Waals surface area (Å²) in [6.45, 7) is 6.32. The van der Waals surface area contributed by atoms with E-state index in [2.05, 4.69) is 15.6 Å². The molecule has 1 aromatic carbocycles. The Labute approximate surface area is 123 Å². The lowest BCUT2D eigenvalue weighted by Crippen LogP contribution is -2.16. The highest BCUT2D eigenvalue weighted by Crippen LogP contribution is 2.20. The molecule has 0 atom stereocenters. The van der Waals surface area contributed by atoms with Crippen molar-refractivity contribution in [2.45, 2.75) is 20.8 Å². The van der Waals surface area contributed by atoms with E-state index in [0.717, 1.165) is 16.9 Å². The molecule has 1 aromatic heterocycles. The van der Waals surface area contributed by atoms with Crippen LogP contribution in [0.2, 0.25) is 0 Å². The molecule has 0 saturated carbocycles. The fraction of sp³-hybridized carbons (Fsp3) is 0.250. The van der Waals surface area contributed by atoms with Crippen molar-refractivity contribution in [2.75, 3.05) is 17.2 Å². The van der Waals surface area contributed by atoms with Crippen molar-refractivity contribution in [2.24, 2.45) is 0 Å². The first kappa shape index (κ1) is 15.0. The molecule has 0 radical (unpaired) electrons. The first-order valence-corrected chi connectivity index (χ1v) is 6.79. The number of nitrogens with zero attached hydrogens (tertiary/aromatic N) is 1. The summed E-state index contributed by atoms with van der Waals surface area (Å²) in [6.07, 6.45) is 1.53. The molecule has 0 bridgehead atoms. The number of carbonyl (C=O) groups excluding carboxylic acids is 1. The van der Waals surface area contributed by atoms with Crippen LogP contribution in [0.3, 0.4) is 0 Å². The Balaban J connectivity index is 2.30. The van der Waals surface area contributed by atoms with Crippen LogP contribution in [0.1, 0.15) is 28.5 Å². The number of aromatic nitrogens is 1. The van der Waals surface area contributed by atoms with Crippen LogP contribution in [0.4, 0.5) is 15.8 Å². The Hall–Kier alpha value is -2.43. The number of anilines is 2. The summed E-state index contributed by atoms with van der Waals surface area (Å²) >= 11 is 0. The molecule has 0 fully saturated rings. The number of nitrogens with one attached hydrogen (secondary N) is 2. The van der Waals surface area contributed by atoms with E-state index in [0.29, 0.717) is 17.8 Å². The monoisotopic (exact) mass is 287 g/mol. The number of aryl methyl sites for hydroxylation is 2. The summed E-state index contributed by atoms with van der Waals surface area (Å²) < 4.78 is 13.3. The summed E-state index contributed by atoms with van der Waals surface area (Å²) in [4.78, 5) is 16.5. The van der Waals surface area contributed by atoms with Crippen molar-refractivity contribution in [3.05, 3.63) is 53.1 Å². The molecule has 1 amide bonds. The number of carbonyl (C=O) groups is 1. The van der Waals surface area contributed by atoms with E-state index in [-0.39, 0.29) is 11.7 Å². The van der Waals surface area contributed by atoms with E-state index in [1.807, 2.05) is 26.8 Å². The number of pyridine rings is 1. The fourth-order valence-corrected chi connectivity index (χ4v) is 2.00. The molecule has 4 nitrogen and oxygen atoms in total. The normalized spacial score (nSPS) is 10.3. The Morgan fingerprint density at radius 1 is 1.24 bits per heavy atom. The number of benzene rings is 1. The molecule has 2 N–H and O–H groups in total. The molecule has 0 aliphatic carbocycles. The minimum Gasteiger partial charge on any atom is -0.385 e. The predicted octanol–water partition coefficient (Wildman–Crippen LogP) is 3.52. The number of halogens is 1. The standard InChI is InChI=1S/C16H18FN3O/c1-4-18-15-7-11(3)19-9-13(15)16(21)20-14-8-12(17)6-5-10(14)2/h5-9H,4H2,1-3H3,(H,18,19)(H,20,21). The Morgan fingerprint density at radius 2 is 2.00 bits per heavy atom. The van der Waals surface area contributed by atoms with Gasteiger partial charge in [0.1, 0.15) is 5.82 Å². The molecule has 110 valence electrons.